The molecule has 222 valence electrons. The molecule has 0 bridgehead atoms. The highest BCUT2D eigenvalue weighted by Gasteiger charge is 2.34. The van der Waals surface area contributed by atoms with E-state index in [2.05, 4.69) is 19.4 Å². The Hall–Kier alpha value is -4.59. The van der Waals surface area contributed by atoms with E-state index >= 15 is 0 Å². The highest BCUT2D eigenvalue weighted by atomic mass is 32.2. The van der Waals surface area contributed by atoms with E-state index in [0.29, 0.717) is 43.5 Å². The van der Waals surface area contributed by atoms with Crippen molar-refractivity contribution in [3.63, 3.8) is 0 Å². The van der Waals surface area contributed by atoms with E-state index in [1.165, 1.54) is 18.3 Å². The van der Waals surface area contributed by atoms with E-state index in [9.17, 15) is 23.5 Å². The SMILES string of the molecule is Cc1ccc([C@H](N=C2NS(=O)(=O)N=C2Nc2cccc(C(=O)N3CCN(c4cccc[n+]4[O-])CC3)c2O)C(C)(C)C)o1. The fourth-order valence-electron chi connectivity index (χ4n) is 4.86. The quantitative estimate of drug-likeness (QED) is 0.230. The van der Waals surface area contributed by atoms with Crippen LogP contribution in [-0.4, -0.2) is 62.2 Å². The molecule has 13 nitrogen and oxygen atoms in total. The molecule has 3 aromatic rings. The van der Waals surface area contributed by atoms with Crippen LogP contribution in [0.1, 0.15) is 48.7 Å². The largest absolute Gasteiger partial charge is 0.711 e. The normalized spacial score (nSPS) is 18.5. The Labute approximate surface area is 244 Å². The van der Waals surface area contributed by atoms with Crippen molar-refractivity contribution in [2.45, 2.75) is 33.7 Å². The molecule has 0 spiro atoms. The number of hydrogen-bond acceptors (Lipinski definition) is 9. The Balaban J connectivity index is 1.36. The molecule has 1 fully saturated rings. The first kappa shape index (κ1) is 28.9. The number of carbonyl (C=O) groups is 1. The number of aliphatic imine (C=N–C) groups is 1. The number of amidine groups is 2. The Morgan fingerprint density at radius 1 is 1.14 bits per heavy atom. The van der Waals surface area contributed by atoms with E-state index in [4.69, 9.17) is 4.42 Å². The smallest absolute Gasteiger partial charge is 0.345 e. The predicted octanol–water partition coefficient (Wildman–Crippen LogP) is 2.73. The van der Waals surface area contributed by atoms with Gasteiger partial charge in [0.1, 0.15) is 30.7 Å². The van der Waals surface area contributed by atoms with Crippen molar-refractivity contribution >= 4 is 39.3 Å². The van der Waals surface area contributed by atoms with Crippen LogP contribution in [0.15, 0.2) is 68.5 Å². The summed E-state index contributed by atoms with van der Waals surface area (Å²) in [6.45, 7) is 9.24. The van der Waals surface area contributed by atoms with Crippen molar-refractivity contribution in [2.75, 3.05) is 36.4 Å². The summed E-state index contributed by atoms with van der Waals surface area (Å²) in [5.74, 6) is 0.834. The minimum atomic E-state index is -4.09. The highest BCUT2D eigenvalue weighted by Crippen LogP contribution is 2.37. The van der Waals surface area contributed by atoms with Crippen LogP contribution >= 0.6 is 0 Å². The maximum Gasteiger partial charge on any atom is 0.345 e. The third kappa shape index (κ3) is 6.03. The van der Waals surface area contributed by atoms with Crippen LogP contribution in [0.3, 0.4) is 0 Å². The topological polar surface area (TPSA) is 167 Å². The summed E-state index contributed by atoms with van der Waals surface area (Å²) in [5.41, 5.74) is -0.315. The summed E-state index contributed by atoms with van der Waals surface area (Å²) in [6, 6.07) is 12.8. The van der Waals surface area contributed by atoms with Crippen LogP contribution in [0.5, 0.6) is 5.75 Å². The zero-order valence-corrected chi connectivity index (χ0v) is 24.6. The molecule has 3 N–H and O–H groups in total. The zero-order chi connectivity index (χ0) is 30.2. The average molecular weight is 596 g/mol. The van der Waals surface area contributed by atoms with Gasteiger partial charge in [0.25, 0.3) is 11.7 Å². The molecule has 4 heterocycles. The first-order valence-electron chi connectivity index (χ1n) is 13.4. The number of carbonyl (C=O) groups excluding carboxylic acids is 1. The monoisotopic (exact) mass is 595 g/mol. The predicted molar refractivity (Wildman–Crippen MR) is 158 cm³/mol. The fourth-order valence-corrected chi connectivity index (χ4v) is 5.67. The molecular weight excluding hydrogens is 562 g/mol. The number of phenols is 1. The van der Waals surface area contributed by atoms with Crippen LogP contribution in [0, 0.1) is 17.5 Å². The number of aryl methyl sites for hydroxylation is 1. The van der Waals surface area contributed by atoms with Gasteiger partial charge in [-0.05, 0) is 42.7 Å². The highest BCUT2D eigenvalue weighted by molar-refractivity contribution is 7.89. The van der Waals surface area contributed by atoms with E-state index in [1.54, 1.807) is 35.2 Å². The Bertz CT molecular complexity index is 1670. The summed E-state index contributed by atoms with van der Waals surface area (Å²) in [4.78, 5) is 21.5. The van der Waals surface area contributed by atoms with Gasteiger partial charge in [0.2, 0.25) is 0 Å². The lowest BCUT2D eigenvalue weighted by Gasteiger charge is -2.32. The third-order valence-corrected chi connectivity index (χ3v) is 7.86. The Morgan fingerprint density at radius 2 is 1.88 bits per heavy atom. The molecule has 0 saturated carbocycles. The molecule has 5 rings (SSSR count). The second-order valence-electron chi connectivity index (χ2n) is 11.2. The van der Waals surface area contributed by atoms with Crippen molar-refractivity contribution < 1.29 is 27.5 Å². The molecular formula is C28H33N7O6S. The minimum Gasteiger partial charge on any atom is -0.711 e. The van der Waals surface area contributed by atoms with Gasteiger partial charge in [-0.3, -0.25) is 14.7 Å². The van der Waals surface area contributed by atoms with Gasteiger partial charge in [0.15, 0.2) is 17.4 Å². The number of phenolic OH excluding ortho intramolecular Hbond substituents is 1. The number of rotatable bonds is 5. The molecule has 1 atom stereocenters. The lowest BCUT2D eigenvalue weighted by Crippen LogP contribution is -2.51. The number of nitrogens with zero attached hydrogens (tertiary/aromatic N) is 5. The van der Waals surface area contributed by atoms with Crippen LogP contribution < -0.4 is 19.7 Å². The second kappa shape index (κ2) is 11.0. The molecule has 0 radical (unpaired) electrons. The molecule has 2 aliphatic rings. The molecule has 2 aliphatic heterocycles. The maximum absolute atomic E-state index is 13.4. The van der Waals surface area contributed by atoms with Gasteiger partial charge in [-0.25, -0.2) is 9.45 Å². The lowest BCUT2D eigenvalue weighted by molar-refractivity contribution is -0.592. The number of benzene rings is 1. The Morgan fingerprint density at radius 3 is 2.52 bits per heavy atom. The number of para-hydroxylation sites is 1. The van der Waals surface area contributed by atoms with Crippen LogP contribution in [-0.2, 0) is 10.2 Å². The van der Waals surface area contributed by atoms with Gasteiger partial charge in [-0.2, -0.15) is 8.42 Å². The number of nitrogens with one attached hydrogen (secondary N) is 2. The van der Waals surface area contributed by atoms with E-state index in [0.717, 1.165) is 4.73 Å². The van der Waals surface area contributed by atoms with Crippen molar-refractivity contribution in [1.82, 2.24) is 9.62 Å². The number of aromatic hydroxyl groups is 1. The van der Waals surface area contributed by atoms with Crippen molar-refractivity contribution in [3.8, 4) is 5.75 Å². The second-order valence-corrected chi connectivity index (χ2v) is 12.5. The molecule has 2 aromatic heterocycles. The fraction of sp³-hybridized carbons (Fsp3) is 0.357. The van der Waals surface area contributed by atoms with Gasteiger partial charge in [-0.15, -0.1) is 4.40 Å². The molecule has 0 unspecified atom stereocenters. The van der Waals surface area contributed by atoms with E-state index < -0.39 is 27.6 Å². The molecule has 1 amide bonds. The minimum absolute atomic E-state index is 0.0404. The standard InChI is InChI=1S/C28H33N7O6S/c1-18-11-12-21(41-18)24(28(2,3)4)30-26-25(31-42(39,40)32-26)29-20-9-7-8-19(23(20)36)27(37)34-16-14-33(15-17-34)22-10-5-6-13-35(22)38/h5-13,24,36H,14-17H2,1-4H3,(H,29,31)(H,30,32)/t24-/m0/s1. The average Bonchev–Trinajstić information content (AvgIpc) is 3.48. The number of amides is 1. The van der Waals surface area contributed by atoms with Crippen LogP contribution in [0.4, 0.5) is 11.5 Å². The van der Waals surface area contributed by atoms with Gasteiger partial charge < -0.3 is 24.9 Å². The third-order valence-electron chi connectivity index (χ3n) is 6.98. The number of anilines is 2. The number of piperazine rings is 1. The van der Waals surface area contributed by atoms with Crippen molar-refractivity contribution in [1.29, 1.82) is 0 Å². The number of pyridine rings is 1. The summed E-state index contributed by atoms with van der Waals surface area (Å²) in [7, 11) is -4.09. The van der Waals surface area contributed by atoms with Gasteiger partial charge >= 0.3 is 10.2 Å². The van der Waals surface area contributed by atoms with E-state index in [-0.39, 0.29) is 28.7 Å². The number of hydrogen-bond donors (Lipinski definition) is 3. The summed E-state index contributed by atoms with van der Waals surface area (Å²) in [5, 5.41) is 26.0. The van der Waals surface area contributed by atoms with Gasteiger partial charge in [0, 0.05) is 6.07 Å². The molecule has 0 aliphatic carbocycles. The molecule has 1 aromatic carbocycles. The molecule has 14 heteroatoms. The van der Waals surface area contributed by atoms with Crippen LogP contribution in [0.2, 0.25) is 0 Å². The van der Waals surface area contributed by atoms with Crippen molar-refractivity contribution in [3.05, 3.63) is 77.0 Å². The van der Waals surface area contributed by atoms with Crippen LogP contribution in [0.25, 0.3) is 0 Å². The molecule has 1 saturated heterocycles. The number of aromatic nitrogens is 1. The van der Waals surface area contributed by atoms with Crippen molar-refractivity contribution in [2.24, 2.45) is 14.8 Å². The van der Waals surface area contributed by atoms with Gasteiger partial charge in [0.05, 0.1) is 30.5 Å². The Kier molecular flexibility index (Phi) is 7.58. The number of furan rings is 1. The first-order valence-corrected chi connectivity index (χ1v) is 14.8. The maximum atomic E-state index is 13.4. The lowest BCUT2D eigenvalue weighted by atomic mass is 9.85. The van der Waals surface area contributed by atoms with Gasteiger partial charge in [-0.1, -0.05) is 32.9 Å². The summed E-state index contributed by atoms with van der Waals surface area (Å²) < 4.78 is 37.5. The zero-order valence-electron chi connectivity index (χ0n) is 23.7. The molecule has 42 heavy (non-hydrogen) atoms. The summed E-state index contributed by atoms with van der Waals surface area (Å²) >= 11 is 0. The summed E-state index contributed by atoms with van der Waals surface area (Å²) in [6.07, 6.45) is 1.43. The first-order chi connectivity index (χ1) is 19.8. The van der Waals surface area contributed by atoms with E-state index in [1.807, 2.05) is 38.7 Å².